The molecular formula is C14H18ClNO2. The number of alkyl halides is 1. The molecule has 3 nitrogen and oxygen atoms in total. The molecule has 2 rings (SSSR count). The van der Waals surface area contributed by atoms with Gasteiger partial charge in [0.05, 0.1) is 6.04 Å². The summed E-state index contributed by atoms with van der Waals surface area (Å²) < 4.78 is 5.45. The topological polar surface area (TPSA) is 38.3 Å². The first kappa shape index (κ1) is 13.4. The highest BCUT2D eigenvalue weighted by molar-refractivity contribution is 6.18. The van der Waals surface area contributed by atoms with Crippen molar-refractivity contribution in [2.75, 3.05) is 12.5 Å². The summed E-state index contributed by atoms with van der Waals surface area (Å²) in [7, 11) is 0. The van der Waals surface area contributed by atoms with Gasteiger partial charge in [-0.25, -0.2) is 0 Å². The van der Waals surface area contributed by atoms with Crippen LogP contribution in [0.5, 0.6) is 0 Å². The van der Waals surface area contributed by atoms with Crippen molar-refractivity contribution in [1.82, 2.24) is 5.32 Å². The average molecular weight is 268 g/mol. The number of amides is 1. The van der Waals surface area contributed by atoms with Gasteiger partial charge in [-0.1, -0.05) is 37.3 Å². The van der Waals surface area contributed by atoms with E-state index in [9.17, 15) is 4.79 Å². The van der Waals surface area contributed by atoms with Crippen LogP contribution < -0.4 is 5.32 Å². The minimum Gasteiger partial charge on any atom is -0.368 e. The van der Waals surface area contributed by atoms with Crippen LogP contribution in [-0.2, 0) is 9.53 Å². The van der Waals surface area contributed by atoms with E-state index in [1.165, 1.54) is 0 Å². The Kier molecular flexibility index (Phi) is 4.61. The first-order valence-electron chi connectivity index (χ1n) is 6.25. The van der Waals surface area contributed by atoms with Gasteiger partial charge in [0.1, 0.15) is 6.10 Å². The molecule has 0 spiro atoms. The fourth-order valence-electron chi connectivity index (χ4n) is 2.18. The normalized spacial score (nSPS) is 24.8. The maximum atomic E-state index is 12.1. The monoisotopic (exact) mass is 267 g/mol. The van der Waals surface area contributed by atoms with E-state index >= 15 is 0 Å². The molecule has 0 bridgehead atoms. The van der Waals surface area contributed by atoms with Crippen molar-refractivity contribution in [1.29, 1.82) is 0 Å². The van der Waals surface area contributed by atoms with E-state index in [0.29, 0.717) is 12.5 Å². The molecule has 1 aromatic carbocycles. The van der Waals surface area contributed by atoms with Gasteiger partial charge < -0.3 is 10.1 Å². The quantitative estimate of drug-likeness (QED) is 0.852. The van der Waals surface area contributed by atoms with Crippen LogP contribution in [0, 0.1) is 5.92 Å². The Bertz CT molecular complexity index is 396. The van der Waals surface area contributed by atoms with E-state index < -0.39 is 0 Å². The molecule has 3 atom stereocenters. The maximum absolute atomic E-state index is 12.1. The van der Waals surface area contributed by atoms with Gasteiger partial charge in [0, 0.05) is 12.5 Å². The van der Waals surface area contributed by atoms with Crippen LogP contribution in [0.15, 0.2) is 30.3 Å². The molecule has 4 heteroatoms. The lowest BCUT2D eigenvalue weighted by molar-refractivity contribution is -0.132. The summed E-state index contributed by atoms with van der Waals surface area (Å²) in [5.74, 6) is 0.572. The smallest absolute Gasteiger partial charge is 0.249 e. The van der Waals surface area contributed by atoms with Crippen molar-refractivity contribution in [3.8, 4) is 0 Å². The molecule has 98 valence electrons. The molecule has 0 aromatic heterocycles. The number of carbonyl (C=O) groups excluding carboxylic acids is 1. The summed E-state index contributed by atoms with van der Waals surface area (Å²) in [6, 6.07) is 9.60. The molecule has 0 saturated carbocycles. The number of benzene rings is 1. The van der Waals surface area contributed by atoms with E-state index in [2.05, 4.69) is 5.32 Å². The number of hydrogen-bond acceptors (Lipinski definition) is 2. The number of ether oxygens (including phenoxy) is 1. The predicted molar refractivity (Wildman–Crippen MR) is 71.6 cm³/mol. The molecule has 0 radical (unpaired) electrons. The van der Waals surface area contributed by atoms with Gasteiger partial charge >= 0.3 is 0 Å². The second-order valence-electron chi connectivity index (χ2n) is 4.68. The summed E-state index contributed by atoms with van der Waals surface area (Å²) in [6.45, 7) is 2.70. The minimum atomic E-state index is -0.334. The molecule has 0 aliphatic carbocycles. The zero-order valence-corrected chi connectivity index (χ0v) is 11.2. The van der Waals surface area contributed by atoms with Crippen LogP contribution in [-0.4, -0.2) is 24.5 Å². The number of halogens is 1. The van der Waals surface area contributed by atoms with Gasteiger partial charge in [0.25, 0.3) is 0 Å². The zero-order valence-electron chi connectivity index (χ0n) is 10.4. The summed E-state index contributed by atoms with van der Waals surface area (Å²) in [5, 5.41) is 2.96. The summed E-state index contributed by atoms with van der Waals surface area (Å²) in [5.41, 5.74) is 1.02. The molecular weight excluding hydrogens is 250 g/mol. The highest BCUT2D eigenvalue weighted by Gasteiger charge is 2.31. The van der Waals surface area contributed by atoms with E-state index in [4.69, 9.17) is 16.3 Å². The van der Waals surface area contributed by atoms with Crippen molar-refractivity contribution in [2.45, 2.75) is 25.5 Å². The summed E-state index contributed by atoms with van der Waals surface area (Å²) >= 11 is 5.93. The fraction of sp³-hybridized carbons (Fsp3) is 0.500. The van der Waals surface area contributed by atoms with Crippen LogP contribution in [0.4, 0.5) is 0 Å². The molecule has 1 aromatic rings. The van der Waals surface area contributed by atoms with Crippen LogP contribution in [0.2, 0.25) is 0 Å². The van der Waals surface area contributed by atoms with Crippen LogP contribution in [0.25, 0.3) is 0 Å². The Balaban J connectivity index is 2.00. The summed E-state index contributed by atoms with van der Waals surface area (Å²) in [6.07, 6.45) is 0.606. The number of hydrogen-bond donors (Lipinski definition) is 1. The molecule has 1 amide bonds. The third-order valence-electron chi connectivity index (χ3n) is 3.32. The second-order valence-corrected chi connectivity index (χ2v) is 4.99. The van der Waals surface area contributed by atoms with Gasteiger partial charge in [-0.05, 0) is 17.9 Å². The Morgan fingerprint density at radius 1 is 1.50 bits per heavy atom. The Hall–Kier alpha value is -1.06. The lowest BCUT2D eigenvalue weighted by Gasteiger charge is -2.20. The summed E-state index contributed by atoms with van der Waals surface area (Å²) in [4.78, 5) is 12.1. The van der Waals surface area contributed by atoms with Crippen LogP contribution >= 0.6 is 11.6 Å². The SMILES string of the molecule is CC1CCOC1C(=O)NC(CCl)c1ccccc1. The van der Waals surface area contributed by atoms with Crippen molar-refractivity contribution >= 4 is 17.5 Å². The molecule has 1 aliphatic heterocycles. The van der Waals surface area contributed by atoms with E-state index in [1.807, 2.05) is 37.3 Å². The highest BCUT2D eigenvalue weighted by Crippen LogP contribution is 2.22. The van der Waals surface area contributed by atoms with Gasteiger partial charge in [-0.3, -0.25) is 4.79 Å². The molecule has 1 saturated heterocycles. The standard InChI is InChI=1S/C14H18ClNO2/c1-10-7-8-18-13(10)14(17)16-12(9-15)11-5-3-2-4-6-11/h2-6,10,12-13H,7-9H2,1H3,(H,16,17). The molecule has 1 aliphatic rings. The molecule has 1 heterocycles. The first-order valence-corrected chi connectivity index (χ1v) is 6.78. The fourth-order valence-corrected chi connectivity index (χ4v) is 2.44. The maximum Gasteiger partial charge on any atom is 0.249 e. The number of rotatable bonds is 4. The molecule has 18 heavy (non-hydrogen) atoms. The predicted octanol–water partition coefficient (Wildman–Crippen LogP) is 2.51. The Labute approximate surface area is 112 Å². The van der Waals surface area contributed by atoms with Gasteiger partial charge in [0.2, 0.25) is 5.91 Å². The lowest BCUT2D eigenvalue weighted by Crippen LogP contribution is -2.40. The Morgan fingerprint density at radius 3 is 2.78 bits per heavy atom. The van der Waals surface area contributed by atoms with Crippen LogP contribution in [0.1, 0.15) is 24.9 Å². The van der Waals surface area contributed by atoms with E-state index in [0.717, 1.165) is 12.0 Å². The zero-order chi connectivity index (χ0) is 13.0. The average Bonchev–Trinajstić information content (AvgIpc) is 2.83. The first-order chi connectivity index (χ1) is 8.72. The largest absolute Gasteiger partial charge is 0.368 e. The van der Waals surface area contributed by atoms with Crippen molar-refractivity contribution in [3.05, 3.63) is 35.9 Å². The van der Waals surface area contributed by atoms with E-state index in [-0.39, 0.29) is 24.0 Å². The lowest BCUT2D eigenvalue weighted by atomic mass is 10.0. The van der Waals surface area contributed by atoms with Gasteiger partial charge in [0.15, 0.2) is 0 Å². The number of carbonyl (C=O) groups is 1. The number of nitrogens with one attached hydrogen (secondary N) is 1. The molecule has 1 N–H and O–H groups in total. The van der Waals surface area contributed by atoms with Gasteiger partial charge in [-0.15, -0.1) is 11.6 Å². The molecule has 3 unspecified atom stereocenters. The van der Waals surface area contributed by atoms with Crippen molar-refractivity contribution < 1.29 is 9.53 Å². The second kappa shape index (κ2) is 6.21. The van der Waals surface area contributed by atoms with E-state index in [1.54, 1.807) is 0 Å². The highest BCUT2D eigenvalue weighted by atomic mass is 35.5. The van der Waals surface area contributed by atoms with Crippen molar-refractivity contribution in [3.63, 3.8) is 0 Å². The third kappa shape index (κ3) is 3.03. The van der Waals surface area contributed by atoms with Crippen LogP contribution in [0.3, 0.4) is 0 Å². The minimum absolute atomic E-state index is 0.0606. The van der Waals surface area contributed by atoms with Gasteiger partial charge in [-0.2, -0.15) is 0 Å². The Morgan fingerprint density at radius 2 is 2.22 bits per heavy atom. The van der Waals surface area contributed by atoms with Crippen molar-refractivity contribution in [2.24, 2.45) is 5.92 Å². The third-order valence-corrected chi connectivity index (χ3v) is 3.63. The molecule has 1 fully saturated rings.